The first kappa shape index (κ1) is 15.6. The number of aryl methyl sites for hydroxylation is 1. The Morgan fingerprint density at radius 1 is 1.10 bits per heavy atom. The van der Waals surface area contributed by atoms with Gasteiger partial charge in [-0.2, -0.15) is 0 Å². The molecule has 5 heteroatoms. The smallest absolute Gasteiger partial charge is 0.175 e. The number of hydrogen-bond donors (Lipinski definition) is 2. The van der Waals surface area contributed by atoms with Gasteiger partial charge in [-0.1, -0.05) is 17.7 Å². The zero-order valence-corrected chi connectivity index (χ0v) is 13.5. The van der Waals surface area contributed by atoms with Crippen LogP contribution in [-0.2, 0) is 0 Å². The topological polar surface area (TPSA) is 33.3 Å². The number of nitrogens with one attached hydrogen (secondary N) is 2. The lowest BCUT2D eigenvalue weighted by atomic mass is 10.2. The molecule has 0 saturated carbocycles. The summed E-state index contributed by atoms with van der Waals surface area (Å²) in [6.07, 6.45) is 0. The summed E-state index contributed by atoms with van der Waals surface area (Å²) < 4.78 is 5.39. The standard InChI is InChI=1S/C16H17ClN2OS/c1-3-20-14-8-6-12(7-9-14)18-16(21)19-13-5-4-11(2)15(17)10-13/h4-10H,3H2,1-2H3,(H2,18,19,21). The zero-order valence-electron chi connectivity index (χ0n) is 11.9. The molecule has 0 atom stereocenters. The maximum atomic E-state index is 6.09. The third kappa shape index (κ3) is 4.62. The maximum absolute atomic E-state index is 6.09. The van der Waals surface area contributed by atoms with Gasteiger partial charge >= 0.3 is 0 Å². The molecule has 0 fully saturated rings. The van der Waals surface area contributed by atoms with Crippen molar-refractivity contribution in [3.63, 3.8) is 0 Å². The summed E-state index contributed by atoms with van der Waals surface area (Å²) in [5.41, 5.74) is 2.79. The molecule has 21 heavy (non-hydrogen) atoms. The van der Waals surface area contributed by atoms with Crippen LogP contribution in [0.5, 0.6) is 5.75 Å². The van der Waals surface area contributed by atoms with E-state index in [4.69, 9.17) is 28.6 Å². The first-order valence-corrected chi connectivity index (χ1v) is 7.44. The van der Waals surface area contributed by atoms with Crippen LogP contribution in [0.1, 0.15) is 12.5 Å². The highest BCUT2D eigenvalue weighted by molar-refractivity contribution is 7.80. The van der Waals surface area contributed by atoms with Gasteiger partial charge in [-0.25, -0.2) is 0 Å². The predicted molar refractivity (Wildman–Crippen MR) is 93.6 cm³/mol. The third-order valence-corrected chi connectivity index (χ3v) is 3.46. The van der Waals surface area contributed by atoms with E-state index < -0.39 is 0 Å². The SMILES string of the molecule is CCOc1ccc(NC(=S)Nc2ccc(C)c(Cl)c2)cc1. The van der Waals surface area contributed by atoms with Gasteiger partial charge < -0.3 is 15.4 Å². The fraction of sp³-hybridized carbons (Fsp3) is 0.188. The van der Waals surface area contributed by atoms with Crippen molar-refractivity contribution in [2.75, 3.05) is 17.2 Å². The summed E-state index contributed by atoms with van der Waals surface area (Å²) in [7, 11) is 0. The van der Waals surface area contributed by atoms with Crippen LogP contribution < -0.4 is 15.4 Å². The Labute approximate surface area is 135 Å². The van der Waals surface area contributed by atoms with Gasteiger partial charge in [-0.05, 0) is 68.0 Å². The highest BCUT2D eigenvalue weighted by atomic mass is 35.5. The Morgan fingerprint density at radius 3 is 2.33 bits per heavy atom. The Hall–Kier alpha value is -1.78. The van der Waals surface area contributed by atoms with E-state index in [9.17, 15) is 0 Å². The zero-order chi connectivity index (χ0) is 15.2. The van der Waals surface area contributed by atoms with Crippen molar-refractivity contribution in [1.29, 1.82) is 0 Å². The summed E-state index contributed by atoms with van der Waals surface area (Å²) in [6.45, 7) is 4.57. The molecule has 2 aromatic carbocycles. The molecule has 0 amide bonds. The van der Waals surface area contributed by atoms with Crippen molar-refractivity contribution in [3.05, 3.63) is 53.1 Å². The quantitative estimate of drug-likeness (QED) is 0.788. The average molecular weight is 321 g/mol. The van der Waals surface area contributed by atoms with Crippen molar-refractivity contribution < 1.29 is 4.74 Å². The highest BCUT2D eigenvalue weighted by Crippen LogP contribution is 2.20. The van der Waals surface area contributed by atoms with E-state index in [2.05, 4.69) is 10.6 Å². The second-order valence-corrected chi connectivity index (χ2v) is 5.32. The number of thiocarbonyl (C=S) groups is 1. The number of halogens is 1. The van der Waals surface area contributed by atoms with E-state index in [1.54, 1.807) is 0 Å². The molecule has 3 nitrogen and oxygen atoms in total. The molecule has 0 heterocycles. The van der Waals surface area contributed by atoms with Crippen molar-refractivity contribution in [3.8, 4) is 5.75 Å². The molecular formula is C16H17ClN2OS. The Bertz CT molecular complexity index is 629. The Balaban J connectivity index is 1.96. The first-order valence-electron chi connectivity index (χ1n) is 6.65. The largest absolute Gasteiger partial charge is 0.494 e. The minimum atomic E-state index is 0.513. The van der Waals surface area contributed by atoms with E-state index >= 15 is 0 Å². The summed E-state index contributed by atoms with van der Waals surface area (Å²) >= 11 is 11.4. The maximum Gasteiger partial charge on any atom is 0.175 e. The van der Waals surface area contributed by atoms with E-state index in [0.29, 0.717) is 16.7 Å². The van der Waals surface area contributed by atoms with Crippen molar-refractivity contribution in [2.45, 2.75) is 13.8 Å². The van der Waals surface area contributed by atoms with Crippen LogP contribution in [0, 0.1) is 6.92 Å². The summed E-state index contributed by atoms with van der Waals surface area (Å²) in [6, 6.07) is 13.4. The van der Waals surface area contributed by atoms with E-state index in [0.717, 1.165) is 22.7 Å². The lowest BCUT2D eigenvalue weighted by molar-refractivity contribution is 0.340. The van der Waals surface area contributed by atoms with Gasteiger partial charge in [0.2, 0.25) is 0 Å². The first-order chi connectivity index (χ1) is 10.1. The number of hydrogen-bond acceptors (Lipinski definition) is 2. The Kier molecular flexibility index (Phi) is 5.42. The van der Waals surface area contributed by atoms with Crippen LogP contribution in [-0.4, -0.2) is 11.7 Å². The number of anilines is 2. The molecule has 0 aliphatic rings. The predicted octanol–water partition coefficient (Wildman–Crippen LogP) is 4.86. The third-order valence-electron chi connectivity index (χ3n) is 2.85. The average Bonchev–Trinajstić information content (AvgIpc) is 2.45. The number of rotatable bonds is 4. The van der Waals surface area contributed by atoms with Gasteiger partial charge in [0.25, 0.3) is 0 Å². The van der Waals surface area contributed by atoms with Crippen LogP contribution in [0.4, 0.5) is 11.4 Å². The summed E-state index contributed by atoms with van der Waals surface area (Å²) in [5, 5.41) is 7.44. The highest BCUT2D eigenvalue weighted by Gasteiger charge is 2.02. The molecule has 110 valence electrons. The second kappa shape index (κ2) is 7.29. The lowest BCUT2D eigenvalue weighted by Gasteiger charge is -2.12. The Morgan fingerprint density at radius 2 is 1.71 bits per heavy atom. The molecule has 2 aromatic rings. The molecule has 0 bridgehead atoms. The molecule has 0 spiro atoms. The monoisotopic (exact) mass is 320 g/mol. The van der Waals surface area contributed by atoms with Crippen molar-refractivity contribution in [1.82, 2.24) is 0 Å². The molecule has 0 aliphatic carbocycles. The minimum absolute atomic E-state index is 0.513. The van der Waals surface area contributed by atoms with Gasteiger partial charge in [-0.15, -0.1) is 0 Å². The van der Waals surface area contributed by atoms with Gasteiger partial charge in [0.05, 0.1) is 6.61 Å². The molecule has 0 aromatic heterocycles. The molecule has 0 aliphatic heterocycles. The van der Waals surface area contributed by atoms with Gasteiger partial charge in [0.15, 0.2) is 5.11 Å². The van der Waals surface area contributed by atoms with Gasteiger partial charge in [-0.3, -0.25) is 0 Å². The van der Waals surface area contributed by atoms with Crippen molar-refractivity contribution in [2.24, 2.45) is 0 Å². The molecule has 0 saturated heterocycles. The second-order valence-electron chi connectivity index (χ2n) is 4.50. The van der Waals surface area contributed by atoms with Crippen LogP contribution in [0.15, 0.2) is 42.5 Å². The molecular weight excluding hydrogens is 304 g/mol. The number of benzene rings is 2. The molecule has 2 rings (SSSR count). The summed E-state index contributed by atoms with van der Waals surface area (Å²) in [5.74, 6) is 0.840. The van der Waals surface area contributed by atoms with Gasteiger partial charge in [0.1, 0.15) is 5.75 Å². The molecule has 2 N–H and O–H groups in total. The van der Waals surface area contributed by atoms with Crippen LogP contribution in [0.3, 0.4) is 0 Å². The van der Waals surface area contributed by atoms with Gasteiger partial charge in [0, 0.05) is 16.4 Å². The number of ether oxygens (including phenoxy) is 1. The van der Waals surface area contributed by atoms with E-state index in [1.165, 1.54) is 0 Å². The molecule has 0 unspecified atom stereocenters. The van der Waals surface area contributed by atoms with Crippen molar-refractivity contribution >= 4 is 40.3 Å². The van der Waals surface area contributed by atoms with E-state index in [-0.39, 0.29) is 0 Å². The minimum Gasteiger partial charge on any atom is -0.494 e. The normalized spacial score (nSPS) is 10.0. The lowest BCUT2D eigenvalue weighted by Crippen LogP contribution is -2.19. The van der Waals surface area contributed by atoms with Crippen LogP contribution in [0.25, 0.3) is 0 Å². The van der Waals surface area contributed by atoms with Crippen LogP contribution in [0.2, 0.25) is 5.02 Å². The molecule has 0 radical (unpaired) electrons. The fourth-order valence-corrected chi connectivity index (χ4v) is 2.18. The summed E-state index contributed by atoms with van der Waals surface area (Å²) in [4.78, 5) is 0. The van der Waals surface area contributed by atoms with Crippen LogP contribution >= 0.6 is 23.8 Å². The fourth-order valence-electron chi connectivity index (χ4n) is 1.77. The van der Waals surface area contributed by atoms with E-state index in [1.807, 2.05) is 56.3 Å².